The number of ketones is 1. The van der Waals surface area contributed by atoms with E-state index in [-0.39, 0.29) is 23.1 Å². The molecule has 1 aliphatic heterocycles. The summed E-state index contributed by atoms with van der Waals surface area (Å²) in [6, 6.07) is -0.236. The molecule has 0 spiro atoms. The number of amides is 1. The number of hydrogen-bond acceptors (Lipinski definition) is 4. The zero-order valence-electron chi connectivity index (χ0n) is 12.5. The van der Waals surface area contributed by atoms with Crippen LogP contribution in [0.4, 0.5) is 0 Å². The summed E-state index contributed by atoms with van der Waals surface area (Å²) in [7, 11) is 0. The Morgan fingerprint density at radius 1 is 1.19 bits per heavy atom. The van der Waals surface area contributed by atoms with Crippen molar-refractivity contribution in [2.24, 2.45) is 16.6 Å². The van der Waals surface area contributed by atoms with Crippen LogP contribution in [-0.2, 0) is 9.59 Å². The Morgan fingerprint density at radius 3 is 2.29 bits per heavy atom. The first-order chi connectivity index (χ1) is 9.93. The van der Waals surface area contributed by atoms with E-state index in [2.05, 4.69) is 5.43 Å². The predicted octanol–water partition coefficient (Wildman–Crippen LogP) is 1.31. The van der Waals surface area contributed by atoms with Gasteiger partial charge >= 0.3 is 0 Å². The Hall–Kier alpha value is -1.01. The molecule has 1 heterocycles. The molecule has 0 radical (unpaired) electrons. The van der Waals surface area contributed by atoms with Gasteiger partial charge in [0.25, 0.3) is 0 Å². The highest BCUT2D eigenvalue weighted by molar-refractivity contribution is 7.80. The summed E-state index contributed by atoms with van der Waals surface area (Å²) in [5.41, 5.74) is 8.40. The fraction of sp³-hybridized carbons (Fsp3) is 0.800. The Labute approximate surface area is 130 Å². The van der Waals surface area contributed by atoms with E-state index in [1.807, 2.05) is 0 Å². The van der Waals surface area contributed by atoms with Crippen molar-refractivity contribution < 1.29 is 9.59 Å². The van der Waals surface area contributed by atoms with Crippen molar-refractivity contribution in [2.75, 3.05) is 6.54 Å². The van der Waals surface area contributed by atoms with Crippen LogP contribution in [0.1, 0.15) is 51.9 Å². The average molecular weight is 309 g/mol. The third-order valence-corrected chi connectivity index (χ3v) is 6.07. The zero-order valence-corrected chi connectivity index (χ0v) is 13.3. The van der Waals surface area contributed by atoms with Gasteiger partial charge in [-0.2, -0.15) is 0 Å². The van der Waals surface area contributed by atoms with Crippen molar-refractivity contribution in [3.05, 3.63) is 0 Å². The summed E-state index contributed by atoms with van der Waals surface area (Å²) in [5, 5.41) is 1.67. The highest BCUT2D eigenvalue weighted by Crippen LogP contribution is 2.67. The molecule has 0 unspecified atom stereocenters. The first-order valence-corrected chi connectivity index (χ1v) is 8.22. The van der Waals surface area contributed by atoms with E-state index in [1.165, 1.54) is 0 Å². The van der Waals surface area contributed by atoms with Crippen LogP contribution in [0.25, 0.3) is 0 Å². The third kappa shape index (κ3) is 2.11. The van der Waals surface area contributed by atoms with Crippen LogP contribution in [0.3, 0.4) is 0 Å². The number of carbonyl (C=O) groups is 2. The topological polar surface area (TPSA) is 75.4 Å². The van der Waals surface area contributed by atoms with Gasteiger partial charge in [-0.05, 0) is 45.4 Å². The molecule has 0 aromatic carbocycles. The summed E-state index contributed by atoms with van der Waals surface area (Å²) in [6.07, 6.45) is 6.31. The Balaban J connectivity index is 1.80. The second kappa shape index (κ2) is 5.02. The Kier molecular flexibility index (Phi) is 3.56. The number of rotatable bonds is 4. The number of Topliss-reactive ketones (excluding diaryl/α,β-unsaturated/α-hetero) is 1. The van der Waals surface area contributed by atoms with Crippen LogP contribution < -0.4 is 11.2 Å². The van der Waals surface area contributed by atoms with Crippen LogP contribution >= 0.6 is 12.2 Å². The van der Waals surface area contributed by atoms with Crippen LogP contribution in [0, 0.1) is 10.8 Å². The minimum absolute atomic E-state index is 0.0886. The van der Waals surface area contributed by atoms with E-state index in [0.29, 0.717) is 11.5 Å². The molecule has 2 aliphatic carbocycles. The molecule has 21 heavy (non-hydrogen) atoms. The predicted molar refractivity (Wildman–Crippen MR) is 83.3 cm³/mol. The van der Waals surface area contributed by atoms with Crippen molar-refractivity contribution >= 4 is 28.9 Å². The van der Waals surface area contributed by atoms with Gasteiger partial charge in [-0.15, -0.1) is 0 Å². The average Bonchev–Trinajstić information content (AvgIpc) is 3.19. The minimum atomic E-state index is -0.412. The zero-order chi connectivity index (χ0) is 15.3. The summed E-state index contributed by atoms with van der Waals surface area (Å²) in [6.45, 7) is 2.24. The smallest absolute Gasteiger partial charge is 0.243 e. The molecule has 0 bridgehead atoms. The number of nitrogens with zero attached hydrogens (tertiary/aromatic N) is 1. The summed E-state index contributed by atoms with van der Waals surface area (Å²) < 4.78 is 0. The van der Waals surface area contributed by atoms with E-state index < -0.39 is 5.41 Å². The van der Waals surface area contributed by atoms with Crippen molar-refractivity contribution in [3.63, 3.8) is 0 Å². The molecule has 0 aromatic heterocycles. The SMILES string of the molecule is CC(=O)[C@@H]1CCCN(C(=O)C2(C3(C(N)=S)CC3)CCC2)N1. The number of nitrogens with two attached hydrogens (primary N) is 1. The van der Waals surface area contributed by atoms with Crippen LogP contribution in [0.5, 0.6) is 0 Å². The maximum atomic E-state index is 13.1. The van der Waals surface area contributed by atoms with Gasteiger partial charge in [-0.25, -0.2) is 5.43 Å². The number of nitrogens with one attached hydrogen (secondary N) is 1. The summed E-state index contributed by atoms with van der Waals surface area (Å²) >= 11 is 5.26. The summed E-state index contributed by atoms with van der Waals surface area (Å²) in [4.78, 5) is 25.2. The van der Waals surface area contributed by atoms with Crippen LogP contribution in [0.2, 0.25) is 0 Å². The second-order valence-corrected chi connectivity index (χ2v) is 7.21. The Bertz CT molecular complexity index is 497. The van der Waals surface area contributed by atoms with Gasteiger partial charge < -0.3 is 5.73 Å². The van der Waals surface area contributed by atoms with Crippen molar-refractivity contribution in [1.29, 1.82) is 0 Å². The van der Waals surface area contributed by atoms with E-state index in [9.17, 15) is 9.59 Å². The quantitative estimate of drug-likeness (QED) is 0.766. The monoisotopic (exact) mass is 309 g/mol. The van der Waals surface area contributed by atoms with Crippen LogP contribution in [0.15, 0.2) is 0 Å². The number of thiocarbonyl (C=S) groups is 1. The van der Waals surface area contributed by atoms with Gasteiger partial charge in [0.15, 0.2) is 0 Å². The largest absolute Gasteiger partial charge is 0.393 e. The first kappa shape index (κ1) is 14.9. The lowest BCUT2D eigenvalue weighted by atomic mass is 9.58. The third-order valence-electron chi connectivity index (χ3n) is 5.68. The maximum absolute atomic E-state index is 13.1. The van der Waals surface area contributed by atoms with Crippen LogP contribution in [-0.4, -0.2) is 34.3 Å². The van der Waals surface area contributed by atoms with E-state index in [1.54, 1.807) is 11.9 Å². The van der Waals surface area contributed by atoms with E-state index in [0.717, 1.165) is 44.9 Å². The fourth-order valence-corrected chi connectivity index (χ4v) is 4.40. The minimum Gasteiger partial charge on any atom is -0.393 e. The number of hydrazine groups is 1. The van der Waals surface area contributed by atoms with Crippen molar-refractivity contribution in [1.82, 2.24) is 10.4 Å². The molecule has 1 saturated heterocycles. The lowest BCUT2D eigenvalue weighted by Gasteiger charge is -2.50. The molecule has 3 N–H and O–H groups in total. The van der Waals surface area contributed by atoms with Gasteiger partial charge in [0.1, 0.15) is 5.78 Å². The maximum Gasteiger partial charge on any atom is 0.243 e. The molecule has 116 valence electrons. The van der Waals surface area contributed by atoms with E-state index >= 15 is 0 Å². The van der Waals surface area contributed by atoms with Gasteiger partial charge in [0, 0.05) is 12.0 Å². The molecular weight excluding hydrogens is 286 g/mol. The number of carbonyl (C=O) groups excluding carboxylic acids is 2. The highest BCUT2D eigenvalue weighted by Gasteiger charge is 2.68. The van der Waals surface area contributed by atoms with E-state index in [4.69, 9.17) is 18.0 Å². The molecule has 6 heteroatoms. The lowest BCUT2D eigenvalue weighted by Crippen LogP contribution is -2.63. The molecule has 3 fully saturated rings. The summed E-state index contributed by atoms with van der Waals surface area (Å²) in [5.74, 6) is 0.190. The molecule has 1 atom stereocenters. The van der Waals surface area contributed by atoms with Gasteiger partial charge in [-0.3, -0.25) is 14.6 Å². The molecule has 5 nitrogen and oxygen atoms in total. The fourth-order valence-electron chi connectivity index (χ4n) is 4.00. The normalized spacial score (nSPS) is 29.4. The molecule has 2 saturated carbocycles. The van der Waals surface area contributed by atoms with Crippen molar-refractivity contribution in [3.8, 4) is 0 Å². The molecule has 0 aromatic rings. The van der Waals surface area contributed by atoms with Crippen molar-refractivity contribution in [2.45, 2.75) is 57.9 Å². The highest BCUT2D eigenvalue weighted by atomic mass is 32.1. The Morgan fingerprint density at radius 2 is 1.86 bits per heavy atom. The van der Waals surface area contributed by atoms with Gasteiger partial charge in [0.05, 0.1) is 16.4 Å². The molecule has 3 rings (SSSR count). The molecular formula is C15H23N3O2S. The van der Waals surface area contributed by atoms with Gasteiger partial charge in [0.2, 0.25) is 5.91 Å². The second-order valence-electron chi connectivity index (χ2n) is 6.77. The standard InChI is InChI=1S/C15H23N3O2S/c1-10(19)11-4-2-9-18(17-11)13(20)15(5-3-6-15)14(7-8-14)12(16)21/h11,17H,2-9H2,1H3,(H2,16,21)/t11-/m0/s1. The number of hydrogen-bond donors (Lipinski definition) is 2. The molecule has 1 amide bonds. The molecule has 3 aliphatic rings. The van der Waals surface area contributed by atoms with Gasteiger partial charge in [-0.1, -0.05) is 18.6 Å². The first-order valence-electron chi connectivity index (χ1n) is 7.81. The lowest BCUT2D eigenvalue weighted by molar-refractivity contribution is -0.158.